The molecule has 2 amide bonds. The third kappa shape index (κ3) is 7.40. The summed E-state index contributed by atoms with van der Waals surface area (Å²) < 4.78 is 59.6. The maximum atomic E-state index is 15.8. The van der Waals surface area contributed by atoms with Crippen LogP contribution in [0.4, 0.5) is 20.3 Å². The number of hydrogen-bond acceptors (Lipinski definition) is 8. The average molecular weight is 669 g/mol. The zero-order valence-electron chi connectivity index (χ0n) is 24.9. The number of piperazine rings is 1. The van der Waals surface area contributed by atoms with Gasteiger partial charge in [-0.1, -0.05) is 11.6 Å². The van der Waals surface area contributed by atoms with E-state index in [1.807, 2.05) is 0 Å². The molecule has 1 aliphatic carbocycles. The molecule has 1 aromatic heterocycles. The summed E-state index contributed by atoms with van der Waals surface area (Å²) in [7, 11) is -3.81. The highest BCUT2D eigenvalue weighted by Gasteiger charge is 2.44. The molecule has 1 aromatic carbocycles. The van der Waals surface area contributed by atoms with Crippen LogP contribution in [0.5, 0.6) is 0 Å². The first kappa shape index (κ1) is 33.5. The molecule has 45 heavy (non-hydrogen) atoms. The van der Waals surface area contributed by atoms with Crippen LogP contribution in [0.3, 0.4) is 0 Å². The predicted octanol–water partition coefficient (Wildman–Crippen LogP) is 2.71. The molecule has 2 aliphatic heterocycles. The van der Waals surface area contributed by atoms with Crippen LogP contribution in [0.25, 0.3) is 0 Å². The van der Waals surface area contributed by atoms with Gasteiger partial charge in [0.05, 0.1) is 11.0 Å². The molecule has 3 heterocycles. The predicted molar refractivity (Wildman–Crippen MR) is 166 cm³/mol. The second-order valence-corrected chi connectivity index (χ2v) is 14.2. The Kier molecular flexibility index (Phi) is 10.3. The van der Waals surface area contributed by atoms with Crippen LogP contribution in [-0.2, 0) is 25.5 Å². The van der Waals surface area contributed by atoms with Gasteiger partial charge in [0.15, 0.2) is 0 Å². The summed E-state index contributed by atoms with van der Waals surface area (Å²) in [6.45, 7) is 1.38. The van der Waals surface area contributed by atoms with E-state index in [1.165, 1.54) is 22.5 Å². The fraction of sp³-hybridized carbons (Fsp3) is 0.567. The monoisotopic (exact) mass is 668 g/mol. The van der Waals surface area contributed by atoms with Crippen molar-refractivity contribution in [3.05, 3.63) is 47.1 Å². The number of nitrogens with zero attached hydrogens (tertiary/aromatic N) is 4. The summed E-state index contributed by atoms with van der Waals surface area (Å²) >= 11 is 6.22. The van der Waals surface area contributed by atoms with E-state index in [-0.39, 0.29) is 85.4 Å². The van der Waals surface area contributed by atoms with Gasteiger partial charge in [-0.2, -0.15) is 4.31 Å². The highest BCUT2D eigenvalue weighted by atomic mass is 35.5. The van der Waals surface area contributed by atoms with E-state index in [0.717, 1.165) is 12.5 Å². The number of carbonyl (C=O) groups is 2. The summed E-state index contributed by atoms with van der Waals surface area (Å²) in [4.78, 5) is 32.2. The second-order valence-electron chi connectivity index (χ2n) is 11.9. The summed E-state index contributed by atoms with van der Waals surface area (Å²) in [6.07, 6.45) is 1.29. The molecule has 246 valence electrons. The maximum absolute atomic E-state index is 15.8. The topological polar surface area (TPSA) is 149 Å². The van der Waals surface area contributed by atoms with Gasteiger partial charge < -0.3 is 26.0 Å². The van der Waals surface area contributed by atoms with Gasteiger partial charge in [-0.15, -0.1) is 0 Å². The van der Waals surface area contributed by atoms with Crippen molar-refractivity contribution in [2.24, 2.45) is 17.6 Å². The molecule has 0 bridgehead atoms. The van der Waals surface area contributed by atoms with Gasteiger partial charge in [0.25, 0.3) is 5.92 Å². The molecule has 5 rings (SSSR count). The van der Waals surface area contributed by atoms with Gasteiger partial charge in [-0.3, -0.25) is 9.59 Å². The van der Waals surface area contributed by atoms with Crippen LogP contribution < -0.4 is 20.9 Å². The number of aliphatic hydroxyl groups is 1. The number of nitrogens with two attached hydrogens (primary N) is 1. The fourth-order valence-electron chi connectivity index (χ4n) is 6.26. The number of aliphatic hydroxyl groups excluding tert-OH is 1. The second kappa shape index (κ2) is 13.8. The van der Waals surface area contributed by atoms with Gasteiger partial charge in [0.1, 0.15) is 11.0 Å². The van der Waals surface area contributed by atoms with Gasteiger partial charge in [-0.05, 0) is 68.5 Å². The molecule has 15 heteroatoms. The van der Waals surface area contributed by atoms with E-state index >= 15 is 8.78 Å². The third-order valence-corrected chi connectivity index (χ3v) is 11.1. The minimum Gasteiger partial charge on any atom is -0.390 e. The summed E-state index contributed by atoms with van der Waals surface area (Å²) in [6, 6.07) is 8.77. The van der Waals surface area contributed by atoms with Crippen LogP contribution in [0.1, 0.15) is 44.1 Å². The number of anilines is 2. The van der Waals surface area contributed by atoms with Gasteiger partial charge in [0, 0.05) is 75.3 Å². The normalized spacial score (nSPS) is 22.5. The Morgan fingerprint density at radius 1 is 1.09 bits per heavy atom. The van der Waals surface area contributed by atoms with Crippen LogP contribution in [0.15, 0.2) is 41.3 Å². The van der Waals surface area contributed by atoms with Gasteiger partial charge >= 0.3 is 0 Å². The van der Waals surface area contributed by atoms with Crippen molar-refractivity contribution in [2.75, 3.05) is 55.6 Å². The number of amides is 2. The molecule has 0 spiro atoms. The summed E-state index contributed by atoms with van der Waals surface area (Å²) in [5.74, 6) is -4.60. The zero-order valence-corrected chi connectivity index (χ0v) is 26.4. The number of halogens is 3. The van der Waals surface area contributed by atoms with Gasteiger partial charge in [0.2, 0.25) is 21.8 Å². The molecule has 11 nitrogen and oxygen atoms in total. The largest absolute Gasteiger partial charge is 0.390 e. The molecule has 0 radical (unpaired) electrons. The van der Waals surface area contributed by atoms with Gasteiger partial charge in [-0.25, -0.2) is 22.2 Å². The minimum absolute atomic E-state index is 0.0166. The number of benzene rings is 1. The SMILES string of the molecule is NCC(O)CNC(=O)[C@H]1CC[C@H](C(F)(F)c2cc(Cl)nc(N3CCN(S(=O)(=O)c4ccc(N5CCCC5=O)cc4)CC3)c2)CC1. The smallest absolute Gasteiger partial charge is 0.276 e. The van der Waals surface area contributed by atoms with Crippen molar-refractivity contribution in [1.29, 1.82) is 0 Å². The average Bonchev–Trinajstić information content (AvgIpc) is 3.48. The van der Waals surface area contributed by atoms with Crippen LogP contribution in [0, 0.1) is 11.8 Å². The van der Waals surface area contributed by atoms with E-state index in [9.17, 15) is 23.1 Å². The lowest BCUT2D eigenvalue weighted by Gasteiger charge is -2.36. The lowest BCUT2D eigenvalue weighted by Crippen LogP contribution is -2.49. The number of rotatable bonds is 10. The number of hydrogen-bond donors (Lipinski definition) is 3. The quantitative estimate of drug-likeness (QED) is 0.327. The van der Waals surface area contributed by atoms with Crippen molar-refractivity contribution in [2.45, 2.75) is 55.4 Å². The minimum atomic E-state index is -3.81. The molecule has 1 saturated carbocycles. The van der Waals surface area contributed by atoms with E-state index in [4.69, 9.17) is 17.3 Å². The molecule has 2 saturated heterocycles. The maximum Gasteiger partial charge on any atom is 0.276 e. The molecule has 1 unspecified atom stereocenters. The summed E-state index contributed by atoms with van der Waals surface area (Å²) in [5, 5.41) is 12.1. The number of aromatic nitrogens is 1. The van der Waals surface area contributed by atoms with Crippen molar-refractivity contribution in [3.63, 3.8) is 0 Å². The fourth-order valence-corrected chi connectivity index (χ4v) is 7.89. The first-order valence-electron chi connectivity index (χ1n) is 15.3. The Labute approximate surface area is 266 Å². The Morgan fingerprint density at radius 2 is 1.76 bits per heavy atom. The van der Waals surface area contributed by atoms with Crippen molar-refractivity contribution in [3.8, 4) is 0 Å². The molecule has 1 atom stereocenters. The first-order valence-corrected chi connectivity index (χ1v) is 17.1. The lowest BCUT2D eigenvalue weighted by atomic mass is 9.77. The van der Waals surface area contributed by atoms with E-state index in [2.05, 4.69) is 10.3 Å². The van der Waals surface area contributed by atoms with Crippen molar-refractivity contribution < 1.29 is 31.9 Å². The molecule has 3 fully saturated rings. The molecule has 2 aromatic rings. The zero-order chi connectivity index (χ0) is 32.4. The van der Waals surface area contributed by atoms with Crippen LogP contribution in [-0.4, -0.2) is 86.5 Å². The Balaban J connectivity index is 1.20. The van der Waals surface area contributed by atoms with Crippen LogP contribution in [0.2, 0.25) is 5.15 Å². The van der Waals surface area contributed by atoms with Crippen molar-refractivity contribution in [1.82, 2.24) is 14.6 Å². The molecule has 3 aliphatic rings. The van der Waals surface area contributed by atoms with Crippen LogP contribution >= 0.6 is 11.6 Å². The number of pyridine rings is 1. The number of alkyl halides is 2. The highest BCUT2D eigenvalue weighted by Crippen LogP contribution is 2.46. The Morgan fingerprint density at radius 3 is 2.36 bits per heavy atom. The van der Waals surface area contributed by atoms with E-state index in [1.54, 1.807) is 21.9 Å². The van der Waals surface area contributed by atoms with E-state index in [0.29, 0.717) is 31.5 Å². The first-order chi connectivity index (χ1) is 21.4. The lowest BCUT2D eigenvalue weighted by molar-refractivity contribution is -0.129. The highest BCUT2D eigenvalue weighted by molar-refractivity contribution is 7.89. The Hall–Kier alpha value is -2.91. The molecular formula is C30H39ClF2N6O5S. The number of carbonyl (C=O) groups excluding carboxylic acids is 2. The third-order valence-electron chi connectivity index (χ3n) is 8.98. The number of sulfonamides is 1. The molecule has 4 N–H and O–H groups in total. The van der Waals surface area contributed by atoms with E-state index < -0.39 is 33.9 Å². The number of nitrogens with one attached hydrogen (secondary N) is 1. The Bertz CT molecular complexity index is 1480. The van der Waals surface area contributed by atoms with Crippen molar-refractivity contribution >= 4 is 44.9 Å². The molecular weight excluding hydrogens is 630 g/mol. The summed E-state index contributed by atoms with van der Waals surface area (Å²) in [5.41, 5.74) is 5.76. The standard InChI is InChI=1S/C30H39ClF2N6O5S/c31-26-16-22(30(32,33)21-5-3-20(4-6-21)29(42)35-19-24(40)18-34)17-27(36-26)37-12-14-38(15-13-37)45(43,44)25-9-7-23(8-10-25)39-11-1-2-28(39)41/h7-10,16-17,20-21,24,40H,1-6,11-15,18-19,34H2,(H,35,42)/t20-,21-,24?.